The van der Waals surface area contributed by atoms with Crippen molar-refractivity contribution in [1.29, 1.82) is 0 Å². The molecule has 0 amide bonds. The fourth-order valence-corrected chi connectivity index (χ4v) is 1.31. The van der Waals surface area contributed by atoms with Crippen molar-refractivity contribution in [2.24, 2.45) is 0 Å². The van der Waals surface area contributed by atoms with Gasteiger partial charge in [-0.2, -0.15) is 0 Å². The molecule has 0 saturated carbocycles. The van der Waals surface area contributed by atoms with E-state index in [0.717, 1.165) is 0 Å². The number of aliphatic hydroxyl groups is 4. The molecule has 0 aliphatic heterocycles. The Balaban J connectivity index is 3.51. The standard InChI is InChI=1S/C11H22O6/c1-8(13)5-9(14)3-2-4-11(16)17-7-10(15)6-12/h8-10,12-15H,2-7H2,1H3. The van der Waals surface area contributed by atoms with Gasteiger partial charge in [-0.05, 0) is 26.2 Å². The number of carbonyl (C=O) groups is 1. The number of hydrogen-bond acceptors (Lipinski definition) is 6. The van der Waals surface area contributed by atoms with Gasteiger partial charge in [-0.1, -0.05) is 0 Å². The summed E-state index contributed by atoms with van der Waals surface area (Å²) in [5, 5.41) is 35.8. The topological polar surface area (TPSA) is 107 Å². The minimum Gasteiger partial charge on any atom is -0.463 e. The largest absolute Gasteiger partial charge is 0.463 e. The molecule has 0 aromatic carbocycles. The molecule has 0 aromatic rings. The lowest BCUT2D eigenvalue weighted by atomic mass is 10.1. The van der Waals surface area contributed by atoms with Crippen molar-refractivity contribution >= 4 is 5.97 Å². The van der Waals surface area contributed by atoms with Gasteiger partial charge < -0.3 is 25.2 Å². The van der Waals surface area contributed by atoms with Gasteiger partial charge in [0.25, 0.3) is 0 Å². The molecular formula is C11H22O6. The lowest BCUT2D eigenvalue weighted by Gasteiger charge is -2.12. The number of esters is 1. The summed E-state index contributed by atoms with van der Waals surface area (Å²) in [4.78, 5) is 11.1. The fourth-order valence-electron chi connectivity index (χ4n) is 1.31. The molecule has 0 fully saturated rings. The van der Waals surface area contributed by atoms with Crippen LogP contribution in [0.4, 0.5) is 0 Å². The maximum atomic E-state index is 11.1. The Morgan fingerprint density at radius 1 is 1.24 bits per heavy atom. The second-order valence-corrected chi connectivity index (χ2v) is 4.15. The van der Waals surface area contributed by atoms with Crippen LogP contribution >= 0.6 is 0 Å². The maximum Gasteiger partial charge on any atom is 0.305 e. The Hall–Kier alpha value is -0.690. The Morgan fingerprint density at radius 3 is 2.41 bits per heavy atom. The molecule has 0 bridgehead atoms. The highest BCUT2D eigenvalue weighted by Crippen LogP contribution is 2.07. The van der Waals surface area contributed by atoms with E-state index < -0.39 is 30.9 Å². The van der Waals surface area contributed by atoms with E-state index in [0.29, 0.717) is 12.8 Å². The first-order chi connectivity index (χ1) is 7.95. The Kier molecular flexibility index (Phi) is 8.97. The average molecular weight is 250 g/mol. The third-order valence-corrected chi connectivity index (χ3v) is 2.18. The van der Waals surface area contributed by atoms with Crippen LogP contribution in [0.5, 0.6) is 0 Å². The summed E-state index contributed by atoms with van der Waals surface area (Å²) in [7, 11) is 0. The van der Waals surface area contributed by atoms with Crippen molar-refractivity contribution in [3.63, 3.8) is 0 Å². The van der Waals surface area contributed by atoms with Crippen LogP contribution in [-0.2, 0) is 9.53 Å². The van der Waals surface area contributed by atoms with Gasteiger partial charge in [-0.15, -0.1) is 0 Å². The first-order valence-corrected chi connectivity index (χ1v) is 5.76. The number of ether oxygens (including phenoxy) is 1. The Labute approximate surface area is 101 Å². The second kappa shape index (κ2) is 9.35. The van der Waals surface area contributed by atoms with Crippen molar-refractivity contribution in [1.82, 2.24) is 0 Å². The van der Waals surface area contributed by atoms with E-state index in [1.807, 2.05) is 0 Å². The Bertz CT molecular complexity index is 206. The van der Waals surface area contributed by atoms with Crippen molar-refractivity contribution < 1.29 is 30.0 Å². The summed E-state index contributed by atoms with van der Waals surface area (Å²) < 4.78 is 4.68. The highest BCUT2D eigenvalue weighted by Gasteiger charge is 2.11. The van der Waals surface area contributed by atoms with Gasteiger partial charge >= 0.3 is 5.97 Å². The van der Waals surface area contributed by atoms with Gasteiger partial charge in [0.1, 0.15) is 12.7 Å². The van der Waals surface area contributed by atoms with Gasteiger partial charge in [-0.3, -0.25) is 4.79 Å². The first kappa shape index (κ1) is 16.3. The molecular weight excluding hydrogens is 228 g/mol. The predicted octanol–water partition coefficient (Wildman–Crippen LogP) is -0.815. The van der Waals surface area contributed by atoms with E-state index in [9.17, 15) is 9.90 Å². The summed E-state index contributed by atoms with van der Waals surface area (Å²) in [6.07, 6.45) is -0.903. The van der Waals surface area contributed by atoms with E-state index in [4.69, 9.17) is 15.3 Å². The van der Waals surface area contributed by atoms with Gasteiger partial charge in [0.05, 0.1) is 18.8 Å². The van der Waals surface area contributed by atoms with Crippen LogP contribution in [0, 0.1) is 0 Å². The normalized spacial score (nSPS) is 16.3. The van der Waals surface area contributed by atoms with E-state index in [1.54, 1.807) is 6.92 Å². The molecule has 0 rings (SSSR count). The van der Waals surface area contributed by atoms with Gasteiger partial charge in [0.2, 0.25) is 0 Å². The monoisotopic (exact) mass is 250 g/mol. The van der Waals surface area contributed by atoms with Gasteiger partial charge in [0.15, 0.2) is 0 Å². The van der Waals surface area contributed by atoms with E-state index >= 15 is 0 Å². The van der Waals surface area contributed by atoms with Crippen molar-refractivity contribution in [3.05, 3.63) is 0 Å². The van der Waals surface area contributed by atoms with Crippen molar-refractivity contribution in [2.75, 3.05) is 13.2 Å². The molecule has 4 N–H and O–H groups in total. The second-order valence-electron chi connectivity index (χ2n) is 4.15. The number of rotatable bonds is 9. The summed E-state index contributed by atoms with van der Waals surface area (Å²) >= 11 is 0. The number of hydrogen-bond donors (Lipinski definition) is 4. The predicted molar refractivity (Wildman–Crippen MR) is 60.2 cm³/mol. The molecule has 0 aliphatic carbocycles. The quantitative estimate of drug-likeness (QED) is 0.398. The van der Waals surface area contributed by atoms with Crippen molar-refractivity contribution in [2.45, 2.75) is 50.9 Å². The van der Waals surface area contributed by atoms with Crippen LogP contribution in [0.15, 0.2) is 0 Å². The molecule has 0 spiro atoms. The van der Waals surface area contributed by atoms with Crippen LogP contribution in [0.2, 0.25) is 0 Å². The molecule has 3 unspecified atom stereocenters. The molecule has 6 heteroatoms. The summed E-state index contributed by atoms with van der Waals surface area (Å²) in [5.41, 5.74) is 0. The summed E-state index contributed by atoms with van der Waals surface area (Å²) in [5.74, 6) is -0.471. The SMILES string of the molecule is CC(O)CC(O)CCCC(=O)OCC(O)CO. The number of carbonyl (C=O) groups excluding carboxylic acids is 1. The summed E-state index contributed by atoms with van der Waals surface area (Å²) in [6.45, 7) is 0.930. The molecule has 0 heterocycles. The Morgan fingerprint density at radius 2 is 1.88 bits per heavy atom. The third-order valence-electron chi connectivity index (χ3n) is 2.18. The molecule has 0 radical (unpaired) electrons. The van der Waals surface area contributed by atoms with Crippen LogP contribution in [0.25, 0.3) is 0 Å². The fraction of sp³-hybridized carbons (Fsp3) is 0.909. The van der Waals surface area contributed by atoms with Crippen molar-refractivity contribution in [3.8, 4) is 0 Å². The lowest BCUT2D eigenvalue weighted by Crippen LogP contribution is -2.22. The summed E-state index contributed by atoms with van der Waals surface area (Å²) in [6, 6.07) is 0. The van der Waals surface area contributed by atoms with Crippen LogP contribution in [0.1, 0.15) is 32.6 Å². The molecule has 0 aliphatic rings. The van der Waals surface area contributed by atoms with E-state index in [1.165, 1.54) is 0 Å². The van der Waals surface area contributed by atoms with Crippen LogP contribution in [-0.4, -0.2) is 57.9 Å². The molecule has 102 valence electrons. The van der Waals surface area contributed by atoms with Gasteiger partial charge in [0, 0.05) is 6.42 Å². The van der Waals surface area contributed by atoms with Crippen LogP contribution < -0.4 is 0 Å². The molecule has 0 saturated heterocycles. The third kappa shape index (κ3) is 10.2. The smallest absolute Gasteiger partial charge is 0.305 e. The maximum absolute atomic E-state index is 11.1. The lowest BCUT2D eigenvalue weighted by molar-refractivity contribution is -0.147. The van der Waals surface area contributed by atoms with Gasteiger partial charge in [-0.25, -0.2) is 0 Å². The average Bonchev–Trinajstić information content (AvgIpc) is 2.24. The minimum absolute atomic E-state index is 0.148. The van der Waals surface area contributed by atoms with Crippen LogP contribution in [0.3, 0.4) is 0 Å². The highest BCUT2D eigenvalue weighted by molar-refractivity contribution is 5.69. The van der Waals surface area contributed by atoms with E-state index in [2.05, 4.69) is 4.74 Å². The van der Waals surface area contributed by atoms with E-state index in [-0.39, 0.29) is 19.4 Å². The zero-order valence-corrected chi connectivity index (χ0v) is 10.1. The minimum atomic E-state index is -1.04. The first-order valence-electron chi connectivity index (χ1n) is 5.76. The highest BCUT2D eigenvalue weighted by atomic mass is 16.5. The molecule has 6 nitrogen and oxygen atoms in total. The molecule has 17 heavy (non-hydrogen) atoms. The molecule has 0 aromatic heterocycles. The zero-order valence-electron chi connectivity index (χ0n) is 10.1. The molecule has 3 atom stereocenters. The number of aliphatic hydroxyl groups excluding tert-OH is 4. The zero-order chi connectivity index (χ0) is 13.3.